The molecule has 0 radical (unpaired) electrons. The largest absolute Gasteiger partial charge is 0.472 e. The number of phosphoric ester groups is 1. The van der Waals surface area contributed by atoms with Gasteiger partial charge in [-0.15, -0.1) is 0 Å². The quantitative estimate of drug-likeness (QED) is 0.181. The lowest BCUT2D eigenvalue weighted by atomic mass is 9.90. The van der Waals surface area contributed by atoms with Crippen molar-refractivity contribution < 1.29 is 43.3 Å². The van der Waals surface area contributed by atoms with Crippen LogP contribution < -0.4 is 4.90 Å². The van der Waals surface area contributed by atoms with Gasteiger partial charge in [-0.25, -0.2) is 4.57 Å². The molecule has 4 rings (SSSR count). The number of rotatable bonds is 13. The van der Waals surface area contributed by atoms with Crippen molar-refractivity contribution >= 4 is 35.0 Å². The summed E-state index contributed by atoms with van der Waals surface area (Å²) in [5.74, 6) is 0.171. The molecule has 2 saturated heterocycles. The van der Waals surface area contributed by atoms with Crippen LogP contribution in [0.5, 0.6) is 0 Å². The lowest BCUT2D eigenvalue weighted by Gasteiger charge is -2.24. The number of phosphoric acid groups is 1. The van der Waals surface area contributed by atoms with Gasteiger partial charge in [0.25, 0.3) is 10.1 Å². The number of hydrogen-bond donors (Lipinski definition) is 1. The molecular formula is C27H38N3O9PS. The van der Waals surface area contributed by atoms with Crippen molar-refractivity contribution in [3.8, 4) is 0 Å². The van der Waals surface area contributed by atoms with Crippen LogP contribution in [0.25, 0.3) is 0 Å². The molecule has 0 aliphatic carbocycles. The maximum Gasteiger partial charge on any atom is 0.472 e. The molecule has 2 heterocycles. The minimum absolute atomic E-state index is 0.0149. The van der Waals surface area contributed by atoms with E-state index in [-0.39, 0.29) is 29.8 Å². The monoisotopic (exact) mass is 615 g/mol. The zero-order chi connectivity index (χ0) is 31.4. The van der Waals surface area contributed by atoms with E-state index in [0.29, 0.717) is 17.8 Å². The van der Waals surface area contributed by atoms with Crippen molar-refractivity contribution in [3.05, 3.63) is 48.5 Å². The van der Waals surface area contributed by atoms with E-state index in [0.717, 1.165) is 5.69 Å². The lowest BCUT2D eigenvalue weighted by Crippen LogP contribution is -2.30. The highest BCUT2D eigenvalue weighted by molar-refractivity contribution is 7.86. The third-order valence-corrected chi connectivity index (χ3v) is 9.13. The fraction of sp³-hybridized carbons (Fsp3) is 0.556. The van der Waals surface area contributed by atoms with Crippen LogP contribution in [0.4, 0.5) is 17.1 Å². The fourth-order valence-corrected chi connectivity index (χ4v) is 6.26. The highest BCUT2D eigenvalue weighted by Gasteiger charge is 2.39. The Morgan fingerprint density at radius 1 is 1.00 bits per heavy atom. The van der Waals surface area contributed by atoms with Crippen LogP contribution in [0, 0.1) is 11.8 Å². The molecule has 14 heteroatoms. The highest BCUT2D eigenvalue weighted by Crippen LogP contribution is 2.47. The molecule has 2 aliphatic rings. The summed E-state index contributed by atoms with van der Waals surface area (Å²) in [6.07, 6.45) is -2.38. The third-order valence-electron chi connectivity index (χ3n) is 6.82. The maximum absolute atomic E-state index is 12.8. The molecule has 0 saturated carbocycles. The van der Waals surface area contributed by atoms with Crippen molar-refractivity contribution in [2.45, 2.75) is 49.9 Å². The molecule has 1 N–H and O–H groups in total. The van der Waals surface area contributed by atoms with E-state index >= 15 is 0 Å². The van der Waals surface area contributed by atoms with Crippen LogP contribution in [0.1, 0.15) is 29.4 Å². The van der Waals surface area contributed by atoms with E-state index in [1.54, 1.807) is 0 Å². The van der Waals surface area contributed by atoms with Gasteiger partial charge in [0, 0.05) is 39.4 Å². The highest BCUT2D eigenvalue weighted by atomic mass is 32.2. The summed E-state index contributed by atoms with van der Waals surface area (Å²) in [6.45, 7) is 1.30. The summed E-state index contributed by atoms with van der Waals surface area (Å²) in [6, 6.07) is 13.0. The molecule has 7 atom stereocenters. The van der Waals surface area contributed by atoms with E-state index in [1.165, 1.54) is 24.3 Å². The number of nitrogens with zero attached hydrogens (tertiary/aromatic N) is 3. The van der Waals surface area contributed by atoms with Crippen molar-refractivity contribution in [2.24, 2.45) is 22.1 Å². The van der Waals surface area contributed by atoms with Gasteiger partial charge in [0.2, 0.25) is 0 Å². The third kappa shape index (κ3) is 8.89. The van der Waals surface area contributed by atoms with Gasteiger partial charge in [0.1, 0.15) is 12.2 Å². The minimum atomic E-state index is -4.63. The second kappa shape index (κ2) is 13.8. The first-order valence-electron chi connectivity index (χ1n) is 14.4. The molecule has 0 amide bonds. The summed E-state index contributed by atoms with van der Waals surface area (Å²) in [5, 5.41) is 8.29. The Morgan fingerprint density at radius 2 is 1.59 bits per heavy atom. The van der Waals surface area contributed by atoms with Crippen LogP contribution in [-0.2, 0) is 37.4 Å². The first-order valence-corrected chi connectivity index (χ1v) is 16.1. The van der Waals surface area contributed by atoms with Gasteiger partial charge < -0.3 is 19.3 Å². The molecule has 2 aliphatic heterocycles. The summed E-state index contributed by atoms with van der Waals surface area (Å²) in [5.41, 5.74) is 2.08. The van der Waals surface area contributed by atoms with Gasteiger partial charge in [-0.2, -0.15) is 18.6 Å². The number of ether oxygens (including phenoxy) is 2. The van der Waals surface area contributed by atoms with Crippen LogP contribution in [0.15, 0.2) is 63.7 Å². The molecule has 2 aromatic rings. The zero-order valence-electron chi connectivity index (χ0n) is 25.4. The second-order valence-electron chi connectivity index (χ2n) is 10.3. The van der Waals surface area contributed by atoms with Crippen molar-refractivity contribution in [3.63, 3.8) is 0 Å². The van der Waals surface area contributed by atoms with E-state index in [4.69, 9.17) is 25.4 Å². The molecule has 12 nitrogen and oxygen atoms in total. The first-order chi connectivity index (χ1) is 20.2. The topological polar surface area (TPSA) is 146 Å². The van der Waals surface area contributed by atoms with Crippen molar-refractivity contribution in [1.29, 1.82) is 0 Å². The molecule has 2 aromatic carbocycles. The average molecular weight is 616 g/mol. The Balaban J connectivity index is 1.31. The molecular weight excluding hydrogens is 573 g/mol. The van der Waals surface area contributed by atoms with Crippen LogP contribution >= 0.6 is 7.82 Å². The number of azo groups is 1. The smallest absolute Gasteiger partial charge is 0.378 e. The Kier molecular flexibility index (Phi) is 9.74. The molecule has 7 unspecified atom stereocenters. The van der Waals surface area contributed by atoms with Crippen molar-refractivity contribution in [1.82, 2.24) is 0 Å². The summed E-state index contributed by atoms with van der Waals surface area (Å²) in [7, 11) is -5.00. The summed E-state index contributed by atoms with van der Waals surface area (Å²) >= 11 is 0. The average Bonchev–Trinajstić information content (AvgIpc) is 3.50. The molecule has 0 bridgehead atoms. The van der Waals surface area contributed by atoms with Gasteiger partial charge in [-0.05, 0) is 66.8 Å². The fourth-order valence-electron chi connectivity index (χ4n) is 4.38. The van der Waals surface area contributed by atoms with Crippen LogP contribution in [-0.4, -0.2) is 72.1 Å². The van der Waals surface area contributed by atoms with E-state index in [2.05, 4.69) is 10.2 Å². The Hall–Kier alpha value is -2.22. The van der Waals surface area contributed by atoms with Gasteiger partial charge in [0.05, 0.1) is 38.3 Å². The van der Waals surface area contributed by atoms with Gasteiger partial charge in [0.15, 0.2) is 0 Å². The standard InChI is InChI=1S/C27H38N3O9PS/c1-19(2)24-13-15-35-26(24)17-37-40(31,32)39-25-14-16-36-27(25)18-38-41(33,34)23-11-7-21(8-12-23)29-28-20-5-9-22(10-6-20)30(3)4/h5-12,19,24-27H,13-18H2,1-4H3,(H,31,32)/i15T,16T. The Morgan fingerprint density at radius 3 is 2.20 bits per heavy atom. The molecule has 226 valence electrons. The molecule has 0 aromatic heterocycles. The van der Waals surface area contributed by atoms with Gasteiger partial charge >= 0.3 is 7.82 Å². The van der Waals surface area contributed by atoms with Gasteiger partial charge in [-0.1, -0.05) is 13.8 Å². The molecule has 0 spiro atoms. The number of benzene rings is 2. The Bertz CT molecular complexity index is 1400. The van der Waals surface area contributed by atoms with Gasteiger partial charge in [-0.3, -0.25) is 13.2 Å². The SMILES string of the molecule is [3H]C1CC(OP(=O)(O)OCC2OC([3H])CC2C(C)C)C(COS(=O)(=O)c2ccc(N=Nc3ccc(N(C)C)cc3)cc2)O1. The second-order valence-corrected chi connectivity index (χ2v) is 13.3. The summed E-state index contributed by atoms with van der Waals surface area (Å²) < 4.78 is 80.6. The van der Waals surface area contributed by atoms with E-state index in [9.17, 15) is 17.9 Å². The lowest BCUT2D eigenvalue weighted by molar-refractivity contribution is -0.00711. The normalized spacial score (nSPS) is 29.0. The first kappa shape index (κ1) is 28.9. The predicted octanol–water partition coefficient (Wildman–Crippen LogP) is 5.23. The van der Waals surface area contributed by atoms with Crippen molar-refractivity contribution in [2.75, 3.05) is 45.4 Å². The molecule has 2 fully saturated rings. The number of hydrogen-bond acceptors (Lipinski definition) is 11. The van der Waals surface area contributed by atoms with Crippen LogP contribution in [0.3, 0.4) is 0 Å². The zero-order valence-corrected chi connectivity index (χ0v) is 25.1. The molecule has 41 heavy (non-hydrogen) atoms. The maximum atomic E-state index is 12.8. The number of anilines is 1. The summed E-state index contributed by atoms with van der Waals surface area (Å²) in [4.78, 5) is 12.1. The predicted molar refractivity (Wildman–Crippen MR) is 152 cm³/mol. The van der Waals surface area contributed by atoms with E-state index in [1.807, 2.05) is 57.1 Å². The van der Waals surface area contributed by atoms with Crippen LogP contribution in [0.2, 0.25) is 0 Å². The Labute approximate surface area is 244 Å². The minimum Gasteiger partial charge on any atom is -0.378 e. The van der Waals surface area contributed by atoms with E-state index < -0.39 is 56.0 Å².